The number of carboxylic acid groups (broad SMARTS) is 1. The van der Waals surface area contributed by atoms with Gasteiger partial charge in [-0.1, -0.05) is 20.3 Å². The molecule has 0 bridgehead atoms. The van der Waals surface area contributed by atoms with E-state index in [1.54, 1.807) is 12.3 Å². The lowest BCUT2D eigenvalue weighted by molar-refractivity contribution is -0.142. The van der Waals surface area contributed by atoms with Crippen LogP contribution in [0.1, 0.15) is 20.3 Å². The van der Waals surface area contributed by atoms with Gasteiger partial charge in [-0.15, -0.1) is 11.8 Å². The summed E-state index contributed by atoms with van der Waals surface area (Å²) in [5.41, 5.74) is 0. The number of rotatable bonds is 6. The standard InChI is InChI=1S/C10H17NO3S/c1-4-7(2)9(10(13)14)11-8(12)5-6-15-3/h5-7,9H,4H2,1-3H3,(H,11,12)(H,13,14)/b6-5+. The van der Waals surface area contributed by atoms with Crippen molar-refractivity contribution in [2.75, 3.05) is 6.26 Å². The summed E-state index contributed by atoms with van der Waals surface area (Å²) in [7, 11) is 0. The molecule has 1 amide bonds. The normalized spacial score (nSPS) is 14.9. The maximum absolute atomic E-state index is 11.3. The quantitative estimate of drug-likeness (QED) is 0.679. The third-order valence-corrected chi connectivity index (χ3v) is 2.54. The van der Waals surface area contributed by atoms with Crippen LogP contribution < -0.4 is 5.32 Å². The molecule has 0 saturated carbocycles. The molecule has 0 aromatic heterocycles. The van der Waals surface area contributed by atoms with Crippen molar-refractivity contribution in [3.8, 4) is 0 Å². The highest BCUT2D eigenvalue weighted by molar-refractivity contribution is 8.01. The van der Waals surface area contributed by atoms with Gasteiger partial charge < -0.3 is 10.4 Å². The Kier molecular flexibility index (Phi) is 6.86. The molecule has 0 rings (SSSR count). The van der Waals surface area contributed by atoms with Gasteiger partial charge in [0.1, 0.15) is 6.04 Å². The second kappa shape index (κ2) is 7.34. The highest BCUT2D eigenvalue weighted by Gasteiger charge is 2.24. The third-order valence-electron chi connectivity index (χ3n) is 2.13. The fraction of sp³-hybridized carbons (Fsp3) is 0.600. The van der Waals surface area contributed by atoms with Crippen LogP contribution in [-0.4, -0.2) is 29.3 Å². The summed E-state index contributed by atoms with van der Waals surface area (Å²) >= 11 is 1.39. The smallest absolute Gasteiger partial charge is 0.326 e. The maximum Gasteiger partial charge on any atom is 0.326 e. The highest BCUT2D eigenvalue weighted by atomic mass is 32.2. The molecule has 2 unspecified atom stereocenters. The van der Waals surface area contributed by atoms with E-state index in [0.717, 1.165) is 0 Å². The van der Waals surface area contributed by atoms with Gasteiger partial charge in [0, 0.05) is 6.08 Å². The summed E-state index contributed by atoms with van der Waals surface area (Å²) in [5, 5.41) is 13.0. The topological polar surface area (TPSA) is 66.4 Å². The van der Waals surface area contributed by atoms with Gasteiger partial charge in [0.05, 0.1) is 0 Å². The average Bonchev–Trinajstić information content (AvgIpc) is 2.21. The van der Waals surface area contributed by atoms with Crippen LogP contribution in [0.4, 0.5) is 0 Å². The molecule has 4 nitrogen and oxygen atoms in total. The molecule has 2 N–H and O–H groups in total. The van der Waals surface area contributed by atoms with E-state index in [0.29, 0.717) is 6.42 Å². The van der Waals surface area contributed by atoms with Gasteiger partial charge in [-0.25, -0.2) is 4.79 Å². The Hall–Kier alpha value is -0.970. The first-order valence-corrected chi connectivity index (χ1v) is 6.04. The van der Waals surface area contributed by atoms with Crippen molar-refractivity contribution in [1.82, 2.24) is 5.32 Å². The fourth-order valence-corrected chi connectivity index (χ4v) is 1.27. The van der Waals surface area contributed by atoms with Crippen LogP contribution in [0, 0.1) is 5.92 Å². The number of nitrogens with one attached hydrogen (secondary N) is 1. The number of carbonyl (C=O) groups excluding carboxylic acids is 1. The SMILES string of the molecule is CCC(C)C(NC(=O)/C=C/SC)C(=O)O. The molecule has 0 fully saturated rings. The lowest BCUT2D eigenvalue weighted by Gasteiger charge is -2.19. The average molecular weight is 231 g/mol. The fourth-order valence-electron chi connectivity index (χ4n) is 1.01. The van der Waals surface area contributed by atoms with Crippen molar-refractivity contribution < 1.29 is 14.7 Å². The number of aliphatic carboxylic acids is 1. The Bertz CT molecular complexity index is 253. The first-order chi connectivity index (χ1) is 7.02. The molecular weight excluding hydrogens is 214 g/mol. The van der Waals surface area contributed by atoms with Crippen LogP contribution in [0.5, 0.6) is 0 Å². The van der Waals surface area contributed by atoms with Gasteiger partial charge >= 0.3 is 5.97 Å². The molecule has 0 aromatic carbocycles. The van der Waals surface area contributed by atoms with E-state index in [4.69, 9.17) is 5.11 Å². The minimum atomic E-state index is -0.991. The molecule has 5 heteroatoms. The Morgan fingerprint density at radius 3 is 2.53 bits per heavy atom. The van der Waals surface area contributed by atoms with E-state index in [-0.39, 0.29) is 11.8 Å². The number of thioether (sulfide) groups is 1. The minimum absolute atomic E-state index is 0.0749. The molecule has 86 valence electrons. The molecule has 15 heavy (non-hydrogen) atoms. The second-order valence-electron chi connectivity index (χ2n) is 3.25. The van der Waals surface area contributed by atoms with Crippen LogP contribution in [-0.2, 0) is 9.59 Å². The summed E-state index contributed by atoms with van der Waals surface area (Å²) in [6, 6.07) is -0.811. The van der Waals surface area contributed by atoms with E-state index >= 15 is 0 Å². The molecule has 2 atom stereocenters. The van der Waals surface area contributed by atoms with Crippen LogP contribution in [0.2, 0.25) is 0 Å². The number of hydrogen-bond donors (Lipinski definition) is 2. The zero-order chi connectivity index (χ0) is 11.8. The Balaban J connectivity index is 4.35. The monoisotopic (exact) mass is 231 g/mol. The van der Waals surface area contributed by atoms with Gasteiger partial charge in [0.2, 0.25) is 5.91 Å². The number of hydrogen-bond acceptors (Lipinski definition) is 3. The molecule has 0 aliphatic rings. The summed E-state index contributed by atoms with van der Waals surface area (Å²) in [4.78, 5) is 22.1. The highest BCUT2D eigenvalue weighted by Crippen LogP contribution is 2.07. The summed E-state index contributed by atoms with van der Waals surface area (Å²) in [5.74, 6) is -1.43. The van der Waals surface area contributed by atoms with E-state index in [1.807, 2.05) is 13.2 Å². The van der Waals surface area contributed by atoms with Gasteiger partial charge in [-0.3, -0.25) is 4.79 Å². The van der Waals surface area contributed by atoms with Crippen molar-refractivity contribution in [2.45, 2.75) is 26.3 Å². The predicted molar refractivity (Wildman–Crippen MR) is 61.7 cm³/mol. The Morgan fingerprint density at radius 2 is 2.13 bits per heavy atom. The molecule has 0 radical (unpaired) electrons. The van der Waals surface area contributed by atoms with Crippen molar-refractivity contribution in [3.05, 3.63) is 11.5 Å². The summed E-state index contributed by atoms with van der Waals surface area (Å²) < 4.78 is 0. The van der Waals surface area contributed by atoms with Crippen molar-refractivity contribution in [3.63, 3.8) is 0 Å². The van der Waals surface area contributed by atoms with E-state index in [2.05, 4.69) is 5.32 Å². The lowest BCUT2D eigenvalue weighted by atomic mass is 9.99. The first kappa shape index (κ1) is 14.0. The molecule has 0 aromatic rings. The summed E-state index contributed by atoms with van der Waals surface area (Å²) in [6.07, 6.45) is 3.87. The number of carbonyl (C=O) groups is 2. The molecule has 0 aliphatic carbocycles. The van der Waals surface area contributed by atoms with Crippen LogP contribution >= 0.6 is 11.8 Å². The van der Waals surface area contributed by atoms with Crippen molar-refractivity contribution in [1.29, 1.82) is 0 Å². The van der Waals surface area contributed by atoms with Crippen LogP contribution in [0.25, 0.3) is 0 Å². The zero-order valence-corrected chi connectivity index (χ0v) is 10.0. The van der Waals surface area contributed by atoms with Crippen molar-refractivity contribution in [2.24, 2.45) is 5.92 Å². The van der Waals surface area contributed by atoms with Gasteiger partial charge in [-0.2, -0.15) is 0 Å². The van der Waals surface area contributed by atoms with E-state index < -0.39 is 12.0 Å². The zero-order valence-electron chi connectivity index (χ0n) is 9.19. The Morgan fingerprint density at radius 1 is 1.53 bits per heavy atom. The lowest BCUT2D eigenvalue weighted by Crippen LogP contribution is -2.44. The van der Waals surface area contributed by atoms with E-state index in [1.165, 1.54) is 17.8 Å². The first-order valence-electron chi connectivity index (χ1n) is 4.75. The number of carboxylic acids is 1. The van der Waals surface area contributed by atoms with Gasteiger partial charge in [0.25, 0.3) is 0 Å². The van der Waals surface area contributed by atoms with Crippen LogP contribution in [0.15, 0.2) is 11.5 Å². The molecule has 0 saturated heterocycles. The summed E-state index contributed by atoms with van der Waals surface area (Å²) in [6.45, 7) is 3.70. The predicted octanol–water partition coefficient (Wildman–Crippen LogP) is 1.48. The largest absolute Gasteiger partial charge is 0.480 e. The van der Waals surface area contributed by atoms with Crippen molar-refractivity contribution >= 4 is 23.6 Å². The molecule has 0 spiro atoms. The Labute approximate surface area is 94.1 Å². The van der Waals surface area contributed by atoms with Gasteiger partial charge in [0.15, 0.2) is 0 Å². The molecule has 0 heterocycles. The number of amides is 1. The van der Waals surface area contributed by atoms with E-state index in [9.17, 15) is 9.59 Å². The third kappa shape index (κ3) is 5.47. The molecule has 0 aliphatic heterocycles. The van der Waals surface area contributed by atoms with Gasteiger partial charge in [-0.05, 0) is 17.6 Å². The van der Waals surface area contributed by atoms with Crippen LogP contribution in [0.3, 0.4) is 0 Å². The second-order valence-corrected chi connectivity index (χ2v) is 3.99. The molecular formula is C10H17NO3S. The maximum atomic E-state index is 11.3. The minimum Gasteiger partial charge on any atom is -0.480 e.